The number of carbonyl (C=O) groups is 1. The fourth-order valence-corrected chi connectivity index (χ4v) is 4.47. The Balaban J connectivity index is 2.01. The van der Waals surface area contributed by atoms with Gasteiger partial charge in [-0.05, 0) is 57.2 Å². The van der Waals surface area contributed by atoms with E-state index < -0.39 is 10.0 Å². The van der Waals surface area contributed by atoms with Crippen LogP contribution in [-0.4, -0.2) is 84.1 Å². The summed E-state index contributed by atoms with van der Waals surface area (Å²) < 4.78 is 37.7. The van der Waals surface area contributed by atoms with Gasteiger partial charge in [0, 0.05) is 26.1 Å². The van der Waals surface area contributed by atoms with E-state index in [9.17, 15) is 13.2 Å². The van der Waals surface area contributed by atoms with Crippen molar-refractivity contribution >= 4 is 15.9 Å². The van der Waals surface area contributed by atoms with Crippen LogP contribution in [-0.2, 0) is 26.0 Å². The van der Waals surface area contributed by atoms with Crippen LogP contribution in [0.4, 0.5) is 0 Å². The molecule has 1 N–H and O–H groups in total. The van der Waals surface area contributed by atoms with Gasteiger partial charge in [-0.15, -0.1) is 0 Å². The van der Waals surface area contributed by atoms with Crippen molar-refractivity contribution in [2.75, 3.05) is 60.6 Å². The molecule has 1 fully saturated rings. The highest BCUT2D eigenvalue weighted by Gasteiger charge is 2.27. The van der Waals surface area contributed by atoms with E-state index in [4.69, 9.17) is 9.47 Å². The molecule has 0 bridgehead atoms. The summed E-state index contributed by atoms with van der Waals surface area (Å²) in [4.78, 5) is 14.4. The van der Waals surface area contributed by atoms with E-state index in [2.05, 4.69) is 10.2 Å². The number of benzene rings is 1. The van der Waals surface area contributed by atoms with E-state index in [-0.39, 0.29) is 17.2 Å². The summed E-state index contributed by atoms with van der Waals surface area (Å²) in [5, 5.41) is 2.90. The van der Waals surface area contributed by atoms with Gasteiger partial charge in [0.2, 0.25) is 15.9 Å². The fraction of sp³-hybridized carbons (Fsp3) is 0.632. The molecule has 28 heavy (non-hydrogen) atoms. The third-order valence-electron chi connectivity index (χ3n) is 4.59. The molecule has 9 heteroatoms. The molecule has 0 atom stereocenters. The van der Waals surface area contributed by atoms with Crippen LogP contribution in [0.15, 0.2) is 23.1 Å². The van der Waals surface area contributed by atoms with Crippen molar-refractivity contribution in [3.63, 3.8) is 0 Å². The number of ether oxygens (including phenoxy) is 2. The standard InChI is InChI=1S/C19H31N3O5S/c1-21(2)10-4-9-20-19(23)8-5-16-15-17(6-7-18(16)26-3)28(24,25)22-11-13-27-14-12-22/h6-7,15H,4-5,8-14H2,1-3H3,(H,20,23). The monoisotopic (exact) mass is 413 g/mol. The van der Waals surface area contributed by atoms with Gasteiger partial charge >= 0.3 is 0 Å². The average molecular weight is 414 g/mol. The summed E-state index contributed by atoms with van der Waals surface area (Å²) >= 11 is 0. The Morgan fingerprint density at radius 1 is 1.29 bits per heavy atom. The van der Waals surface area contributed by atoms with Crippen molar-refractivity contribution in [2.45, 2.75) is 24.2 Å². The van der Waals surface area contributed by atoms with Gasteiger partial charge in [0.05, 0.1) is 25.2 Å². The minimum absolute atomic E-state index is 0.0535. The summed E-state index contributed by atoms with van der Waals surface area (Å²) in [7, 11) is 1.94. The Morgan fingerprint density at radius 3 is 2.64 bits per heavy atom. The zero-order valence-electron chi connectivity index (χ0n) is 16.9. The van der Waals surface area contributed by atoms with Gasteiger partial charge < -0.3 is 19.7 Å². The second-order valence-corrected chi connectivity index (χ2v) is 8.93. The first-order valence-corrected chi connectivity index (χ1v) is 10.9. The second kappa shape index (κ2) is 10.8. The highest BCUT2D eigenvalue weighted by molar-refractivity contribution is 7.89. The topological polar surface area (TPSA) is 88.2 Å². The second-order valence-electron chi connectivity index (χ2n) is 7.00. The summed E-state index contributed by atoms with van der Waals surface area (Å²) in [6.45, 7) is 3.03. The van der Waals surface area contributed by atoms with Crippen molar-refractivity contribution in [3.8, 4) is 5.75 Å². The molecule has 0 unspecified atom stereocenters. The molecule has 0 radical (unpaired) electrons. The first-order valence-electron chi connectivity index (χ1n) is 9.51. The molecule has 0 spiro atoms. The largest absolute Gasteiger partial charge is 0.496 e. The molecule has 0 saturated carbocycles. The van der Waals surface area contributed by atoms with Crippen molar-refractivity contribution in [1.82, 2.24) is 14.5 Å². The smallest absolute Gasteiger partial charge is 0.243 e. The molecule has 1 aliphatic heterocycles. The number of hydrogen-bond acceptors (Lipinski definition) is 6. The maximum Gasteiger partial charge on any atom is 0.243 e. The predicted octanol–water partition coefficient (Wildman–Crippen LogP) is 0.717. The molecule has 1 aromatic rings. The molecule has 1 amide bonds. The zero-order valence-corrected chi connectivity index (χ0v) is 17.8. The van der Waals surface area contributed by atoms with Crippen LogP contribution in [0.3, 0.4) is 0 Å². The van der Waals surface area contributed by atoms with E-state index in [0.717, 1.165) is 13.0 Å². The molecule has 0 aromatic heterocycles. The fourth-order valence-electron chi connectivity index (χ4n) is 3.01. The molecular weight excluding hydrogens is 382 g/mol. The molecule has 1 heterocycles. The van der Waals surface area contributed by atoms with Crippen LogP contribution in [0.2, 0.25) is 0 Å². The molecule has 2 rings (SSSR count). The van der Waals surface area contributed by atoms with Crippen LogP contribution in [0.1, 0.15) is 18.4 Å². The van der Waals surface area contributed by atoms with Crippen LogP contribution >= 0.6 is 0 Å². The van der Waals surface area contributed by atoms with Crippen molar-refractivity contribution in [1.29, 1.82) is 0 Å². The molecule has 1 aromatic carbocycles. The maximum absolute atomic E-state index is 12.9. The normalized spacial score (nSPS) is 15.6. The summed E-state index contributed by atoms with van der Waals surface area (Å²) in [6.07, 6.45) is 1.57. The van der Waals surface area contributed by atoms with Crippen LogP contribution in [0.5, 0.6) is 5.75 Å². The Labute approximate surface area is 167 Å². The molecule has 158 valence electrons. The number of nitrogens with one attached hydrogen (secondary N) is 1. The first-order chi connectivity index (χ1) is 13.3. The van der Waals surface area contributed by atoms with Crippen LogP contribution in [0, 0.1) is 0 Å². The van der Waals surface area contributed by atoms with E-state index in [1.165, 1.54) is 11.4 Å². The van der Waals surface area contributed by atoms with Crippen molar-refractivity contribution < 1.29 is 22.7 Å². The van der Waals surface area contributed by atoms with Gasteiger partial charge in [0.1, 0.15) is 5.75 Å². The number of nitrogens with zero attached hydrogens (tertiary/aromatic N) is 2. The Morgan fingerprint density at radius 2 is 2.00 bits per heavy atom. The number of carbonyl (C=O) groups excluding carboxylic acids is 1. The number of amides is 1. The summed E-state index contributed by atoms with van der Waals surface area (Å²) in [6, 6.07) is 4.81. The van der Waals surface area contributed by atoms with E-state index in [0.29, 0.717) is 50.6 Å². The zero-order chi connectivity index (χ0) is 20.6. The lowest BCUT2D eigenvalue weighted by molar-refractivity contribution is -0.121. The lowest BCUT2D eigenvalue weighted by atomic mass is 10.1. The summed E-state index contributed by atoms with van der Waals surface area (Å²) in [5.74, 6) is 0.531. The third kappa shape index (κ3) is 6.44. The minimum atomic E-state index is -3.58. The third-order valence-corrected chi connectivity index (χ3v) is 6.48. The molecule has 1 saturated heterocycles. The van der Waals surface area contributed by atoms with Crippen LogP contribution in [0.25, 0.3) is 0 Å². The van der Waals surface area contributed by atoms with Gasteiger partial charge in [-0.3, -0.25) is 4.79 Å². The molecular formula is C19H31N3O5S. The highest BCUT2D eigenvalue weighted by Crippen LogP contribution is 2.26. The van der Waals surface area contributed by atoms with Gasteiger partial charge in [-0.2, -0.15) is 4.31 Å². The van der Waals surface area contributed by atoms with E-state index in [1.807, 2.05) is 14.1 Å². The molecule has 8 nitrogen and oxygen atoms in total. The lowest BCUT2D eigenvalue weighted by Crippen LogP contribution is -2.40. The first kappa shape index (κ1) is 22.6. The Hall–Kier alpha value is -1.68. The number of sulfonamides is 1. The summed E-state index contributed by atoms with van der Waals surface area (Å²) in [5.41, 5.74) is 0.709. The number of rotatable bonds is 10. The Kier molecular flexibility index (Phi) is 8.68. The lowest BCUT2D eigenvalue weighted by Gasteiger charge is -2.26. The number of morpholine rings is 1. The average Bonchev–Trinajstić information content (AvgIpc) is 2.70. The molecule has 0 aliphatic carbocycles. The van der Waals surface area contributed by atoms with Gasteiger partial charge in [0.25, 0.3) is 0 Å². The number of methoxy groups -OCH3 is 1. The quantitative estimate of drug-likeness (QED) is 0.569. The van der Waals surface area contributed by atoms with E-state index in [1.54, 1.807) is 18.2 Å². The van der Waals surface area contributed by atoms with Crippen molar-refractivity contribution in [2.24, 2.45) is 0 Å². The highest BCUT2D eigenvalue weighted by atomic mass is 32.2. The molecule has 1 aliphatic rings. The minimum Gasteiger partial charge on any atom is -0.496 e. The van der Waals surface area contributed by atoms with Gasteiger partial charge in [-0.1, -0.05) is 0 Å². The number of hydrogen-bond donors (Lipinski definition) is 1. The van der Waals surface area contributed by atoms with E-state index >= 15 is 0 Å². The predicted molar refractivity (Wildman–Crippen MR) is 107 cm³/mol. The maximum atomic E-state index is 12.9. The van der Waals surface area contributed by atoms with Crippen molar-refractivity contribution in [3.05, 3.63) is 23.8 Å². The SMILES string of the molecule is COc1ccc(S(=O)(=O)N2CCOCC2)cc1CCC(=O)NCCCN(C)C. The van der Waals surface area contributed by atoms with Gasteiger partial charge in [0.15, 0.2) is 0 Å². The van der Waals surface area contributed by atoms with Crippen LogP contribution < -0.4 is 10.1 Å². The Bertz CT molecular complexity index is 746. The number of aryl methyl sites for hydroxylation is 1. The van der Waals surface area contributed by atoms with Gasteiger partial charge in [-0.25, -0.2) is 8.42 Å².